The van der Waals surface area contributed by atoms with Crippen molar-refractivity contribution in [1.29, 1.82) is 0 Å². The maximum atomic E-state index is 11.1. The molecule has 0 aliphatic carbocycles. The summed E-state index contributed by atoms with van der Waals surface area (Å²) in [6, 6.07) is 0. The highest BCUT2D eigenvalue weighted by Gasteiger charge is 2.27. The minimum atomic E-state index is -0.510. The summed E-state index contributed by atoms with van der Waals surface area (Å²) in [6.07, 6.45) is 1.57. The van der Waals surface area contributed by atoms with Crippen LogP contribution in [0.5, 0.6) is 0 Å². The zero-order valence-corrected chi connectivity index (χ0v) is 10.2. The average Bonchev–Trinajstić information content (AvgIpc) is 2.87. The lowest BCUT2D eigenvalue weighted by Crippen LogP contribution is -2.30. The second-order valence-corrected chi connectivity index (χ2v) is 4.38. The van der Waals surface area contributed by atoms with Gasteiger partial charge < -0.3 is 25.2 Å². The Morgan fingerprint density at radius 3 is 2.67 bits per heavy atom. The number of aliphatic hydroxyl groups is 2. The minimum Gasteiger partial charge on any atom is -0.395 e. The van der Waals surface area contributed by atoms with Crippen LogP contribution < -0.4 is 4.90 Å². The average molecular weight is 272 g/mol. The van der Waals surface area contributed by atoms with Crippen LogP contribution in [0.15, 0.2) is 11.6 Å². The second-order valence-electron chi connectivity index (χ2n) is 3.51. The first-order valence-electron chi connectivity index (χ1n) is 5.25. The van der Waals surface area contributed by atoms with Crippen molar-refractivity contribution in [1.82, 2.24) is 9.38 Å². The Bertz CT molecular complexity index is 546. The molecule has 0 saturated heterocycles. The Kier molecular flexibility index (Phi) is 3.75. The molecule has 98 valence electrons. The van der Waals surface area contributed by atoms with Crippen molar-refractivity contribution < 1.29 is 15.1 Å². The van der Waals surface area contributed by atoms with E-state index in [4.69, 9.17) is 10.2 Å². The molecule has 18 heavy (non-hydrogen) atoms. The Balaban J connectivity index is 2.49. The Hall–Kier alpha value is -1.71. The molecule has 0 aliphatic heterocycles. The molecule has 0 bridgehead atoms. The maximum absolute atomic E-state index is 11.1. The molecular formula is C9H12N4O4S. The van der Waals surface area contributed by atoms with Crippen LogP contribution in [0.3, 0.4) is 0 Å². The van der Waals surface area contributed by atoms with E-state index in [9.17, 15) is 10.1 Å². The fourth-order valence-corrected chi connectivity index (χ4v) is 2.41. The normalized spacial score (nSPS) is 11.0. The van der Waals surface area contributed by atoms with E-state index in [0.717, 1.165) is 0 Å². The number of nitro groups is 1. The Morgan fingerprint density at radius 2 is 2.11 bits per heavy atom. The van der Waals surface area contributed by atoms with Crippen LogP contribution in [-0.4, -0.2) is 50.8 Å². The monoisotopic (exact) mass is 272 g/mol. The summed E-state index contributed by atoms with van der Waals surface area (Å²) in [7, 11) is 0. The van der Waals surface area contributed by atoms with Crippen LogP contribution in [0, 0.1) is 10.1 Å². The molecule has 0 unspecified atom stereocenters. The van der Waals surface area contributed by atoms with E-state index in [1.165, 1.54) is 20.6 Å². The highest BCUT2D eigenvalue weighted by Crippen LogP contribution is 2.30. The van der Waals surface area contributed by atoms with Gasteiger partial charge in [0.25, 0.3) is 4.96 Å². The van der Waals surface area contributed by atoms with Crippen molar-refractivity contribution in [2.45, 2.75) is 0 Å². The minimum absolute atomic E-state index is 0.145. The first-order chi connectivity index (χ1) is 8.69. The zero-order valence-electron chi connectivity index (χ0n) is 9.39. The van der Waals surface area contributed by atoms with Gasteiger partial charge >= 0.3 is 5.82 Å². The van der Waals surface area contributed by atoms with Crippen LogP contribution in [0.2, 0.25) is 0 Å². The molecule has 0 aromatic carbocycles. The van der Waals surface area contributed by atoms with Gasteiger partial charge in [0.1, 0.15) is 6.20 Å². The molecule has 0 amide bonds. The van der Waals surface area contributed by atoms with Crippen LogP contribution in [0.1, 0.15) is 0 Å². The van der Waals surface area contributed by atoms with Crippen LogP contribution in [0.4, 0.5) is 11.6 Å². The predicted octanol–water partition coefficient (Wildman–Crippen LogP) is 0.0950. The molecule has 8 nitrogen and oxygen atoms in total. The fourth-order valence-electron chi connectivity index (χ4n) is 1.71. The third-order valence-electron chi connectivity index (χ3n) is 2.43. The van der Waals surface area contributed by atoms with Gasteiger partial charge in [-0.3, -0.25) is 0 Å². The largest absolute Gasteiger partial charge is 0.395 e. The molecule has 0 fully saturated rings. The molecule has 2 heterocycles. The molecule has 2 aromatic heterocycles. The van der Waals surface area contributed by atoms with Crippen LogP contribution in [-0.2, 0) is 0 Å². The predicted molar refractivity (Wildman–Crippen MR) is 66.1 cm³/mol. The summed E-state index contributed by atoms with van der Waals surface area (Å²) in [5.41, 5.74) is 0. The highest BCUT2D eigenvalue weighted by atomic mass is 32.1. The second kappa shape index (κ2) is 5.29. The third-order valence-corrected chi connectivity index (χ3v) is 3.19. The van der Waals surface area contributed by atoms with Crippen molar-refractivity contribution in [2.24, 2.45) is 0 Å². The number of aliphatic hydroxyl groups excluding tert-OH is 2. The molecule has 9 heteroatoms. The van der Waals surface area contributed by atoms with Gasteiger partial charge in [-0.05, 0) is 4.92 Å². The van der Waals surface area contributed by atoms with Gasteiger partial charge in [0, 0.05) is 18.5 Å². The van der Waals surface area contributed by atoms with Crippen molar-refractivity contribution in [3.63, 3.8) is 0 Å². The van der Waals surface area contributed by atoms with E-state index in [1.807, 2.05) is 0 Å². The molecule has 2 rings (SSSR count). The number of thiazole rings is 1. The number of anilines is 1. The topological polar surface area (TPSA) is 104 Å². The van der Waals surface area contributed by atoms with E-state index < -0.39 is 4.92 Å². The first-order valence-corrected chi connectivity index (χ1v) is 6.13. The number of hydrogen-bond acceptors (Lipinski definition) is 7. The van der Waals surface area contributed by atoms with Gasteiger partial charge in [0.2, 0.25) is 5.82 Å². The van der Waals surface area contributed by atoms with Crippen molar-refractivity contribution >= 4 is 27.9 Å². The van der Waals surface area contributed by atoms with Gasteiger partial charge in [0.15, 0.2) is 0 Å². The molecule has 2 N–H and O–H groups in total. The smallest absolute Gasteiger partial charge is 0.373 e. The van der Waals surface area contributed by atoms with E-state index in [-0.39, 0.29) is 37.9 Å². The first kappa shape index (κ1) is 12.7. The number of nitrogens with zero attached hydrogens (tertiary/aromatic N) is 4. The summed E-state index contributed by atoms with van der Waals surface area (Å²) >= 11 is 1.29. The lowest BCUT2D eigenvalue weighted by atomic mass is 10.4. The number of imidazole rings is 1. The summed E-state index contributed by atoms with van der Waals surface area (Å²) in [5.74, 6) is 0.0306. The van der Waals surface area contributed by atoms with Gasteiger partial charge in [-0.15, -0.1) is 0 Å². The molecule has 0 aliphatic rings. The molecule has 0 radical (unpaired) electrons. The fraction of sp³-hybridized carbons (Fsp3) is 0.444. The molecule has 0 spiro atoms. The summed E-state index contributed by atoms with van der Waals surface area (Å²) in [6.45, 7) is 0.0448. The lowest BCUT2D eigenvalue weighted by molar-refractivity contribution is -0.389. The van der Waals surface area contributed by atoms with Gasteiger partial charge in [-0.2, -0.15) is 9.38 Å². The zero-order chi connectivity index (χ0) is 13.1. The highest BCUT2D eigenvalue weighted by molar-refractivity contribution is 7.15. The number of fused-ring (bicyclic) bond motifs is 1. The summed E-state index contributed by atoms with van der Waals surface area (Å²) < 4.78 is 1.39. The number of hydrogen-bond donors (Lipinski definition) is 2. The Morgan fingerprint density at radius 1 is 1.44 bits per heavy atom. The Labute approximate surface area is 106 Å². The number of aromatic nitrogens is 2. The lowest BCUT2D eigenvalue weighted by Gasteiger charge is -2.19. The van der Waals surface area contributed by atoms with Crippen molar-refractivity contribution in [3.05, 3.63) is 21.7 Å². The summed E-state index contributed by atoms with van der Waals surface area (Å²) in [5, 5.41) is 30.7. The third kappa shape index (κ3) is 2.15. The molecule has 2 aromatic rings. The quantitative estimate of drug-likeness (QED) is 0.570. The van der Waals surface area contributed by atoms with Crippen molar-refractivity contribution in [2.75, 3.05) is 31.2 Å². The summed E-state index contributed by atoms with van der Waals surface area (Å²) in [4.78, 5) is 16.8. The maximum Gasteiger partial charge on any atom is 0.373 e. The van der Waals surface area contributed by atoms with Crippen molar-refractivity contribution in [3.8, 4) is 0 Å². The van der Waals surface area contributed by atoms with Crippen LogP contribution >= 0.6 is 11.3 Å². The number of rotatable bonds is 6. The van der Waals surface area contributed by atoms with Gasteiger partial charge in [-0.25, -0.2) is 0 Å². The molecule has 0 atom stereocenters. The molecular weight excluding hydrogens is 260 g/mol. The van der Waals surface area contributed by atoms with E-state index in [1.54, 1.807) is 11.6 Å². The van der Waals surface area contributed by atoms with E-state index in [0.29, 0.717) is 4.96 Å². The van der Waals surface area contributed by atoms with Gasteiger partial charge in [0.05, 0.1) is 13.2 Å². The van der Waals surface area contributed by atoms with Crippen LogP contribution in [0.25, 0.3) is 4.96 Å². The molecule has 0 saturated carbocycles. The SMILES string of the molecule is O=[N+]([O-])c1c(N(CCO)CCO)nc2sccn12. The van der Waals surface area contributed by atoms with E-state index >= 15 is 0 Å². The van der Waals surface area contributed by atoms with Gasteiger partial charge in [-0.1, -0.05) is 11.3 Å². The van der Waals surface area contributed by atoms with E-state index in [2.05, 4.69) is 4.98 Å². The standard InChI is InChI=1S/C9H12N4O4S/c14-4-1-11(2-5-15)7-8(13(16)17)12-3-6-18-9(12)10-7/h3,6,14-15H,1-2,4-5H2.